The predicted molar refractivity (Wildman–Crippen MR) is 53.4 cm³/mol. The van der Waals surface area contributed by atoms with E-state index in [9.17, 15) is 4.79 Å². The van der Waals surface area contributed by atoms with Crippen LogP contribution in [0.25, 0.3) is 0 Å². The Morgan fingerprint density at radius 1 is 1.46 bits per heavy atom. The molecule has 2 aliphatic rings. The first-order chi connectivity index (χ1) is 6.01. The maximum Gasteiger partial charge on any atom is 0.152 e. The second-order valence-electron chi connectivity index (χ2n) is 5.14. The summed E-state index contributed by atoms with van der Waals surface area (Å²) < 4.78 is 0. The zero-order chi connectivity index (χ0) is 9.64. The van der Waals surface area contributed by atoms with Crippen molar-refractivity contribution in [2.45, 2.75) is 40.0 Å². The Kier molecular flexibility index (Phi) is 1.86. The van der Waals surface area contributed by atoms with Gasteiger partial charge in [0.05, 0.1) is 0 Å². The van der Waals surface area contributed by atoms with Crippen molar-refractivity contribution < 1.29 is 4.79 Å². The molecule has 13 heavy (non-hydrogen) atoms. The average Bonchev–Trinajstić information content (AvgIpc) is 2.53. The fourth-order valence-corrected chi connectivity index (χ4v) is 3.20. The third kappa shape index (κ3) is 1.25. The lowest BCUT2D eigenvalue weighted by molar-refractivity contribution is -0.112. The van der Waals surface area contributed by atoms with Crippen molar-refractivity contribution in [2.24, 2.45) is 17.3 Å². The van der Waals surface area contributed by atoms with Gasteiger partial charge in [-0.1, -0.05) is 19.4 Å². The molecule has 0 radical (unpaired) electrons. The molecule has 0 aromatic rings. The molecule has 2 aliphatic carbocycles. The van der Waals surface area contributed by atoms with E-state index in [0.717, 1.165) is 11.8 Å². The summed E-state index contributed by atoms with van der Waals surface area (Å²) >= 11 is 0. The largest absolute Gasteiger partial charge is 0.295 e. The lowest BCUT2D eigenvalue weighted by Crippen LogP contribution is -2.23. The Balaban J connectivity index is 2.34. The van der Waals surface area contributed by atoms with Gasteiger partial charge in [-0.2, -0.15) is 0 Å². The van der Waals surface area contributed by atoms with Crippen LogP contribution in [0.2, 0.25) is 0 Å². The summed E-state index contributed by atoms with van der Waals surface area (Å²) in [6.07, 6.45) is 5.90. The molecular formula is C12H18O. The van der Waals surface area contributed by atoms with Crippen LogP contribution < -0.4 is 0 Å². The van der Waals surface area contributed by atoms with Gasteiger partial charge in [-0.25, -0.2) is 0 Å². The van der Waals surface area contributed by atoms with Crippen LogP contribution in [0.4, 0.5) is 0 Å². The maximum absolute atomic E-state index is 11.1. The SMILES string of the molecule is CC(=O)C=C1C2CCC(C2)C1(C)C. The van der Waals surface area contributed by atoms with Crippen molar-refractivity contribution in [3.63, 3.8) is 0 Å². The van der Waals surface area contributed by atoms with Gasteiger partial charge in [-0.05, 0) is 49.5 Å². The van der Waals surface area contributed by atoms with E-state index in [0.29, 0.717) is 5.41 Å². The summed E-state index contributed by atoms with van der Waals surface area (Å²) in [4.78, 5) is 11.1. The number of fused-ring (bicyclic) bond motifs is 2. The van der Waals surface area contributed by atoms with Crippen LogP contribution in [-0.4, -0.2) is 5.78 Å². The van der Waals surface area contributed by atoms with E-state index in [1.807, 2.05) is 6.08 Å². The molecule has 0 aromatic heterocycles. The lowest BCUT2D eigenvalue weighted by atomic mass is 9.72. The van der Waals surface area contributed by atoms with E-state index in [-0.39, 0.29) is 5.78 Å². The van der Waals surface area contributed by atoms with Crippen LogP contribution in [0.1, 0.15) is 40.0 Å². The molecule has 1 heteroatoms. The van der Waals surface area contributed by atoms with Gasteiger partial charge in [-0.3, -0.25) is 4.79 Å². The first kappa shape index (κ1) is 8.98. The van der Waals surface area contributed by atoms with E-state index in [1.54, 1.807) is 6.92 Å². The van der Waals surface area contributed by atoms with E-state index >= 15 is 0 Å². The molecule has 1 nitrogen and oxygen atoms in total. The first-order valence-electron chi connectivity index (χ1n) is 5.24. The number of allylic oxidation sites excluding steroid dienone is 2. The van der Waals surface area contributed by atoms with Crippen LogP contribution in [0.5, 0.6) is 0 Å². The third-order valence-electron chi connectivity index (χ3n) is 4.00. The van der Waals surface area contributed by atoms with Crippen LogP contribution in [0, 0.1) is 17.3 Å². The Bertz CT molecular complexity index is 273. The van der Waals surface area contributed by atoms with Crippen molar-refractivity contribution in [1.82, 2.24) is 0 Å². The number of carbonyl (C=O) groups is 1. The summed E-state index contributed by atoms with van der Waals surface area (Å²) in [6.45, 7) is 6.26. The Morgan fingerprint density at radius 2 is 2.15 bits per heavy atom. The smallest absolute Gasteiger partial charge is 0.152 e. The minimum Gasteiger partial charge on any atom is -0.295 e. The van der Waals surface area contributed by atoms with Gasteiger partial charge in [0.25, 0.3) is 0 Å². The highest BCUT2D eigenvalue weighted by molar-refractivity contribution is 5.88. The lowest BCUT2D eigenvalue weighted by Gasteiger charge is -2.32. The molecule has 0 spiro atoms. The quantitative estimate of drug-likeness (QED) is 0.564. The first-order valence-corrected chi connectivity index (χ1v) is 5.24. The molecule has 2 atom stereocenters. The van der Waals surface area contributed by atoms with Gasteiger partial charge in [0.15, 0.2) is 5.78 Å². The van der Waals surface area contributed by atoms with Gasteiger partial charge >= 0.3 is 0 Å². The fourth-order valence-electron chi connectivity index (χ4n) is 3.20. The fraction of sp³-hybridized carbons (Fsp3) is 0.750. The Labute approximate surface area is 80.2 Å². The van der Waals surface area contributed by atoms with Gasteiger partial charge in [0, 0.05) is 0 Å². The summed E-state index contributed by atoms with van der Waals surface area (Å²) in [5.41, 5.74) is 1.73. The van der Waals surface area contributed by atoms with Gasteiger partial charge < -0.3 is 0 Å². The summed E-state index contributed by atoms with van der Waals surface area (Å²) in [5, 5.41) is 0. The number of ketones is 1. The van der Waals surface area contributed by atoms with Crippen LogP contribution in [0.3, 0.4) is 0 Å². The summed E-state index contributed by atoms with van der Waals surface area (Å²) in [6, 6.07) is 0. The zero-order valence-electron chi connectivity index (χ0n) is 8.76. The van der Waals surface area contributed by atoms with E-state index in [2.05, 4.69) is 13.8 Å². The average molecular weight is 178 g/mol. The minimum atomic E-state index is 0.218. The molecule has 0 heterocycles. The van der Waals surface area contributed by atoms with Gasteiger partial charge in [-0.15, -0.1) is 0 Å². The summed E-state index contributed by atoms with van der Waals surface area (Å²) in [7, 11) is 0. The predicted octanol–water partition coefficient (Wildman–Crippen LogP) is 2.96. The molecule has 0 N–H and O–H groups in total. The van der Waals surface area contributed by atoms with Crippen molar-refractivity contribution in [3.05, 3.63) is 11.6 Å². The molecule has 0 amide bonds. The van der Waals surface area contributed by atoms with E-state index in [1.165, 1.54) is 24.8 Å². The molecule has 2 saturated carbocycles. The van der Waals surface area contributed by atoms with Crippen molar-refractivity contribution in [2.75, 3.05) is 0 Å². The highest BCUT2D eigenvalue weighted by Crippen LogP contribution is 2.58. The monoisotopic (exact) mass is 178 g/mol. The molecule has 2 fully saturated rings. The number of hydrogen-bond donors (Lipinski definition) is 0. The number of rotatable bonds is 1. The highest BCUT2D eigenvalue weighted by Gasteiger charge is 2.48. The number of hydrogen-bond acceptors (Lipinski definition) is 1. The topological polar surface area (TPSA) is 17.1 Å². The Morgan fingerprint density at radius 3 is 2.62 bits per heavy atom. The normalized spacial score (nSPS) is 38.5. The second-order valence-corrected chi connectivity index (χ2v) is 5.14. The second kappa shape index (κ2) is 2.70. The van der Waals surface area contributed by atoms with E-state index < -0.39 is 0 Å². The molecular weight excluding hydrogens is 160 g/mol. The highest BCUT2D eigenvalue weighted by atomic mass is 16.1. The number of carbonyl (C=O) groups excluding carboxylic acids is 1. The molecule has 72 valence electrons. The van der Waals surface area contributed by atoms with Gasteiger partial charge in [0.1, 0.15) is 0 Å². The maximum atomic E-state index is 11.1. The molecule has 0 saturated heterocycles. The van der Waals surface area contributed by atoms with E-state index in [4.69, 9.17) is 0 Å². The standard InChI is InChI=1S/C12H18O/c1-8(13)6-11-9-4-5-10(7-9)12(11,2)3/h6,9-10H,4-5,7H2,1-3H3. The van der Waals surface area contributed by atoms with Crippen molar-refractivity contribution in [3.8, 4) is 0 Å². The zero-order valence-corrected chi connectivity index (χ0v) is 8.76. The molecule has 2 rings (SSSR count). The van der Waals surface area contributed by atoms with Crippen LogP contribution >= 0.6 is 0 Å². The van der Waals surface area contributed by atoms with Crippen molar-refractivity contribution >= 4 is 5.78 Å². The van der Waals surface area contributed by atoms with Crippen LogP contribution in [-0.2, 0) is 4.79 Å². The molecule has 2 bridgehead atoms. The van der Waals surface area contributed by atoms with Crippen LogP contribution in [0.15, 0.2) is 11.6 Å². The third-order valence-corrected chi connectivity index (χ3v) is 4.00. The molecule has 2 unspecified atom stereocenters. The molecule has 0 aromatic carbocycles. The minimum absolute atomic E-state index is 0.218. The summed E-state index contributed by atoms with van der Waals surface area (Å²) in [5.74, 6) is 1.78. The van der Waals surface area contributed by atoms with Gasteiger partial charge in [0.2, 0.25) is 0 Å². The molecule has 0 aliphatic heterocycles. The van der Waals surface area contributed by atoms with Crippen molar-refractivity contribution in [1.29, 1.82) is 0 Å². The Hall–Kier alpha value is -0.590.